The summed E-state index contributed by atoms with van der Waals surface area (Å²) in [7, 11) is 0. The first-order valence-electron chi connectivity index (χ1n) is 5.77. The number of fused-ring (bicyclic) bond motifs is 1. The summed E-state index contributed by atoms with van der Waals surface area (Å²) in [6.45, 7) is 2.03. The topological polar surface area (TPSA) is 37.3 Å². The highest BCUT2D eigenvalue weighted by atomic mass is 32.1. The molecule has 2 aromatic rings. The number of carbonyl (C=O) groups excluding carboxylic acids is 1. The van der Waals surface area contributed by atoms with Gasteiger partial charge in [0.2, 0.25) is 0 Å². The minimum Gasteiger partial charge on any atom is -0.508 e. The van der Waals surface area contributed by atoms with Crippen molar-refractivity contribution in [2.45, 2.75) is 13.3 Å². The maximum Gasteiger partial charge on any atom is 0.189 e. The number of hydrogen-bond donors (Lipinski definition) is 1. The molecule has 1 aliphatic rings. The van der Waals surface area contributed by atoms with Crippen LogP contribution in [0.1, 0.15) is 26.4 Å². The molecule has 0 fully saturated rings. The fourth-order valence-electron chi connectivity index (χ4n) is 2.22. The normalized spacial score (nSPS) is 16.3. The number of benzene rings is 1. The minimum atomic E-state index is 0.0358. The van der Waals surface area contributed by atoms with E-state index in [1.807, 2.05) is 24.4 Å². The van der Waals surface area contributed by atoms with Gasteiger partial charge in [-0.05, 0) is 36.1 Å². The Balaban J connectivity index is 2.05. The first kappa shape index (κ1) is 11.2. The molecule has 0 bridgehead atoms. The third-order valence-corrected chi connectivity index (χ3v) is 4.23. The van der Waals surface area contributed by atoms with Crippen molar-refractivity contribution in [1.82, 2.24) is 0 Å². The maximum absolute atomic E-state index is 12.2. The van der Waals surface area contributed by atoms with Crippen LogP contribution in [0.25, 0.3) is 6.08 Å². The van der Waals surface area contributed by atoms with Crippen molar-refractivity contribution in [3.05, 3.63) is 56.8 Å². The van der Waals surface area contributed by atoms with Crippen molar-refractivity contribution in [2.75, 3.05) is 0 Å². The molecular formula is C15H12O2S. The average Bonchev–Trinajstić information content (AvgIpc) is 2.88. The molecule has 18 heavy (non-hydrogen) atoms. The van der Waals surface area contributed by atoms with Crippen LogP contribution in [0.5, 0.6) is 5.75 Å². The van der Waals surface area contributed by atoms with E-state index < -0.39 is 0 Å². The van der Waals surface area contributed by atoms with Crippen molar-refractivity contribution >= 4 is 23.2 Å². The van der Waals surface area contributed by atoms with E-state index >= 15 is 0 Å². The van der Waals surface area contributed by atoms with E-state index in [1.165, 1.54) is 5.56 Å². The summed E-state index contributed by atoms with van der Waals surface area (Å²) in [5, 5.41) is 11.8. The predicted octanol–water partition coefficient (Wildman–Crippen LogP) is 3.58. The highest BCUT2D eigenvalue weighted by Crippen LogP contribution is 2.34. The fraction of sp³-hybridized carbons (Fsp3) is 0.133. The molecule has 90 valence electrons. The lowest BCUT2D eigenvalue weighted by Gasteiger charge is -1.97. The largest absolute Gasteiger partial charge is 0.508 e. The van der Waals surface area contributed by atoms with E-state index in [9.17, 15) is 9.90 Å². The molecular weight excluding hydrogens is 244 g/mol. The number of aryl methyl sites for hydroxylation is 1. The van der Waals surface area contributed by atoms with Gasteiger partial charge >= 0.3 is 0 Å². The summed E-state index contributed by atoms with van der Waals surface area (Å²) in [4.78, 5) is 13.3. The lowest BCUT2D eigenvalue weighted by molar-refractivity contribution is 0.104. The van der Waals surface area contributed by atoms with Gasteiger partial charge in [0.15, 0.2) is 5.78 Å². The van der Waals surface area contributed by atoms with Crippen LogP contribution in [0.3, 0.4) is 0 Å². The summed E-state index contributed by atoms with van der Waals surface area (Å²) in [6, 6.07) is 7.16. The molecule has 1 heterocycles. The first-order chi connectivity index (χ1) is 8.66. The number of ketones is 1. The van der Waals surface area contributed by atoms with Gasteiger partial charge in [0, 0.05) is 28.0 Å². The number of phenols is 1. The number of carbonyl (C=O) groups is 1. The number of rotatable bonds is 1. The summed E-state index contributed by atoms with van der Waals surface area (Å²) in [6.07, 6.45) is 2.47. The second kappa shape index (κ2) is 4.10. The molecule has 1 aliphatic carbocycles. The zero-order valence-electron chi connectivity index (χ0n) is 9.93. The molecule has 1 aromatic heterocycles. The van der Waals surface area contributed by atoms with Crippen molar-refractivity contribution in [3.8, 4) is 5.75 Å². The molecule has 3 heteroatoms. The molecule has 0 aliphatic heterocycles. The molecule has 0 saturated heterocycles. The molecule has 0 saturated carbocycles. The van der Waals surface area contributed by atoms with Crippen molar-refractivity contribution < 1.29 is 9.90 Å². The summed E-state index contributed by atoms with van der Waals surface area (Å²) in [5.74, 6) is 0.251. The van der Waals surface area contributed by atoms with Gasteiger partial charge in [-0.2, -0.15) is 0 Å². The van der Waals surface area contributed by atoms with Crippen LogP contribution < -0.4 is 0 Å². The Morgan fingerprint density at radius 1 is 1.33 bits per heavy atom. The summed E-state index contributed by atoms with van der Waals surface area (Å²) >= 11 is 1.63. The number of allylic oxidation sites excluding steroid dienone is 1. The monoisotopic (exact) mass is 256 g/mol. The quantitative estimate of drug-likeness (QED) is 0.792. The summed E-state index contributed by atoms with van der Waals surface area (Å²) in [5.41, 5.74) is 3.33. The zero-order valence-corrected chi connectivity index (χ0v) is 10.8. The third-order valence-electron chi connectivity index (χ3n) is 3.26. The van der Waals surface area contributed by atoms with Crippen molar-refractivity contribution in [2.24, 2.45) is 0 Å². The number of Topliss-reactive ketones (excluding diaryl/α,β-unsaturated/α-hetero) is 1. The van der Waals surface area contributed by atoms with Gasteiger partial charge in [0.1, 0.15) is 5.75 Å². The Morgan fingerprint density at radius 2 is 2.17 bits per heavy atom. The van der Waals surface area contributed by atoms with Crippen LogP contribution in [-0.4, -0.2) is 10.9 Å². The summed E-state index contributed by atoms with van der Waals surface area (Å²) < 4.78 is 0. The fourth-order valence-corrected chi connectivity index (χ4v) is 3.11. The van der Waals surface area contributed by atoms with E-state index in [0.717, 1.165) is 16.0 Å². The Bertz CT molecular complexity index is 665. The molecule has 1 aromatic carbocycles. The Labute approximate surface area is 109 Å². The van der Waals surface area contributed by atoms with Gasteiger partial charge < -0.3 is 5.11 Å². The zero-order chi connectivity index (χ0) is 12.7. The van der Waals surface area contributed by atoms with Crippen LogP contribution in [0, 0.1) is 6.92 Å². The lowest BCUT2D eigenvalue weighted by atomic mass is 10.1. The second-order valence-corrected chi connectivity index (χ2v) is 5.39. The van der Waals surface area contributed by atoms with Crippen molar-refractivity contribution in [3.63, 3.8) is 0 Å². The van der Waals surface area contributed by atoms with Crippen molar-refractivity contribution in [1.29, 1.82) is 0 Å². The van der Waals surface area contributed by atoms with Crippen LogP contribution in [0.2, 0.25) is 0 Å². The van der Waals surface area contributed by atoms with Gasteiger partial charge in [-0.25, -0.2) is 0 Å². The second-order valence-electron chi connectivity index (χ2n) is 4.45. The van der Waals surface area contributed by atoms with Crippen LogP contribution in [-0.2, 0) is 6.42 Å². The van der Waals surface area contributed by atoms with E-state index in [1.54, 1.807) is 29.5 Å². The van der Waals surface area contributed by atoms with Gasteiger partial charge in [-0.3, -0.25) is 4.79 Å². The van der Waals surface area contributed by atoms with Crippen LogP contribution >= 0.6 is 11.3 Å². The highest BCUT2D eigenvalue weighted by molar-refractivity contribution is 7.11. The molecule has 0 spiro atoms. The van der Waals surface area contributed by atoms with Gasteiger partial charge in [-0.1, -0.05) is 12.1 Å². The SMILES string of the molecule is Cc1ccsc1/C=C1\Cc2c(O)cccc2C1=O. The smallest absolute Gasteiger partial charge is 0.189 e. The highest BCUT2D eigenvalue weighted by Gasteiger charge is 2.26. The molecule has 1 N–H and O–H groups in total. The number of hydrogen-bond acceptors (Lipinski definition) is 3. The van der Waals surface area contributed by atoms with E-state index in [2.05, 4.69) is 0 Å². The minimum absolute atomic E-state index is 0.0358. The average molecular weight is 256 g/mol. The Kier molecular flexibility index (Phi) is 2.56. The molecule has 3 rings (SSSR count). The van der Waals surface area contributed by atoms with Crippen LogP contribution in [0.4, 0.5) is 0 Å². The lowest BCUT2D eigenvalue weighted by Crippen LogP contribution is -1.94. The predicted molar refractivity (Wildman–Crippen MR) is 73.2 cm³/mol. The Hall–Kier alpha value is -1.87. The van der Waals surface area contributed by atoms with E-state index in [-0.39, 0.29) is 11.5 Å². The third kappa shape index (κ3) is 1.68. The standard InChI is InChI=1S/C15H12O2S/c1-9-5-6-18-14(9)8-10-7-12-11(15(10)17)3-2-4-13(12)16/h2-6,8,16H,7H2,1H3/b10-8+. The van der Waals surface area contributed by atoms with Gasteiger partial charge in [-0.15, -0.1) is 11.3 Å². The number of aromatic hydroxyl groups is 1. The van der Waals surface area contributed by atoms with Gasteiger partial charge in [0.05, 0.1) is 0 Å². The number of thiophene rings is 1. The molecule has 0 radical (unpaired) electrons. The first-order valence-corrected chi connectivity index (χ1v) is 6.65. The maximum atomic E-state index is 12.2. The van der Waals surface area contributed by atoms with Crippen LogP contribution in [0.15, 0.2) is 35.2 Å². The molecule has 0 atom stereocenters. The van der Waals surface area contributed by atoms with E-state index in [4.69, 9.17) is 0 Å². The molecule has 0 amide bonds. The number of phenolic OH excluding ortho intramolecular Hbond substituents is 1. The van der Waals surface area contributed by atoms with E-state index in [0.29, 0.717) is 12.0 Å². The molecule has 2 nitrogen and oxygen atoms in total. The Morgan fingerprint density at radius 3 is 2.83 bits per heavy atom. The van der Waals surface area contributed by atoms with Gasteiger partial charge in [0.25, 0.3) is 0 Å². The molecule has 0 unspecified atom stereocenters.